The van der Waals surface area contributed by atoms with Crippen LogP contribution in [0.4, 0.5) is 13.2 Å². The van der Waals surface area contributed by atoms with E-state index in [4.69, 9.17) is 23.2 Å². The van der Waals surface area contributed by atoms with E-state index in [0.717, 1.165) is 19.2 Å². The van der Waals surface area contributed by atoms with Gasteiger partial charge < -0.3 is 14.2 Å². The molecule has 0 saturated heterocycles. The van der Waals surface area contributed by atoms with Gasteiger partial charge in [0, 0.05) is 11.6 Å². The molecule has 1 aromatic heterocycles. The van der Waals surface area contributed by atoms with Gasteiger partial charge >= 0.3 is 12.3 Å². The molecule has 0 fully saturated rings. The van der Waals surface area contributed by atoms with Crippen molar-refractivity contribution in [3.8, 4) is 22.8 Å². The molecule has 0 saturated carbocycles. The van der Waals surface area contributed by atoms with Crippen LogP contribution in [0.1, 0.15) is 10.5 Å². The van der Waals surface area contributed by atoms with Crippen LogP contribution in [-0.4, -0.2) is 24.4 Å². The van der Waals surface area contributed by atoms with Gasteiger partial charge in [0.25, 0.3) is 0 Å². The van der Waals surface area contributed by atoms with E-state index in [2.05, 4.69) is 19.2 Å². The summed E-state index contributed by atoms with van der Waals surface area (Å²) in [5, 5.41) is -0.208. The molecule has 5 nitrogen and oxygen atoms in total. The van der Waals surface area contributed by atoms with E-state index in [1.54, 1.807) is 0 Å². The Morgan fingerprint density at radius 2 is 1.79 bits per heavy atom. The van der Waals surface area contributed by atoms with E-state index in [9.17, 15) is 18.0 Å². The number of carbonyl (C=O) groups excluding carboxylic acids is 1. The van der Waals surface area contributed by atoms with Crippen molar-refractivity contribution in [2.45, 2.75) is 6.29 Å². The van der Waals surface area contributed by atoms with Crippen LogP contribution < -0.4 is 9.47 Å². The van der Waals surface area contributed by atoms with Gasteiger partial charge in [-0.3, -0.25) is 0 Å². The summed E-state index contributed by atoms with van der Waals surface area (Å²) < 4.78 is 53.3. The lowest BCUT2D eigenvalue weighted by molar-refractivity contribution is -0.286. The average molecular weight is 380 g/mol. The Balaban J connectivity index is 2.15. The summed E-state index contributed by atoms with van der Waals surface area (Å²) >= 11 is 11.8. The number of fused-ring (bicyclic) bond motifs is 1. The second kappa shape index (κ2) is 5.71. The van der Waals surface area contributed by atoms with Crippen molar-refractivity contribution >= 4 is 29.2 Å². The summed E-state index contributed by atoms with van der Waals surface area (Å²) in [5.74, 6) is -2.70. The zero-order valence-electron chi connectivity index (χ0n) is 11.7. The van der Waals surface area contributed by atoms with Gasteiger partial charge in [-0.1, -0.05) is 23.2 Å². The largest absolute Gasteiger partial charge is 0.586 e. The van der Waals surface area contributed by atoms with Crippen LogP contribution in [0.5, 0.6) is 11.5 Å². The van der Waals surface area contributed by atoms with Crippen LogP contribution in [-0.2, 0) is 4.74 Å². The number of benzene rings is 1. The van der Waals surface area contributed by atoms with Crippen LogP contribution in [0.25, 0.3) is 11.3 Å². The molecule has 1 aliphatic heterocycles. The van der Waals surface area contributed by atoms with E-state index >= 15 is 0 Å². The maximum Gasteiger partial charge on any atom is 0.586 e. The molecule has 0 N–H and O–H groups in total. The quantitative estimate of drug-likeness (QED) is 0.728. The lowest BCUT2D eigenvalue weighted by Gasteiger charge is -2.09. The van der Waals surface area contributed by atoms with Crippen molar-refractivity contribution in [3.63, 3.8) is 0 Å². The Morgan fingerprint density at radius 3 is 2.42 bits per heavy atom. The van der Waals surface area contributed by atoms with E-state index in [1.807, 2.05) is 0 Å². The molecule has 0 spiro atoms. The third kappa shape index (κ3) is 2.83. The second-order valence-electron chi connectivity index (χ2n) is 4.59. The molecule has 0 aliphatic carbocycles. The number of hydrogen-bond acceptors (Lipinski definition) is 5. The molecule has 0 radical (unpaired) electrons. The second-order valence-corrected chi connectivity index (χ2v) is 5.40. The zero-order chi connectivity index (χ0) is 17.6. The van der Waals surface area contributed by atoms with Crippen LogP contribution in [0, 0.1) is 5.82 Å². The number of alkyl halides is 2. The highest BCUT2D eigenvalue weighted by Gasteiger charge is 2.44. The molecule has 0 atom stereocenters. The highest BCUT2D eigenvalue weighted by molar-refractivity contribution is 6.37. The molecule has 1 aliphatic rings. The smallest absolute Gasteiger partial charge is 0.464 e. The van der Waals surface area contributed by atoms with E-state index in [-0.39, 0.29) is 27.0 Å². The third-order valence-electron chi connectivity index (χ3n) is 3.05. The van der Waals surface area contributed by atoms with Crippen molar-refractivity contribution in [3.05, 3.63) is 39.8 Å². The van der Waals surface area contributed by atoms with E-state index in [1.165, 1.54) is 0 Å². The van der Waals surface area contributed by atoms with Gasteiger partial charge in [-0.05, 0) is 12.1 Å². The van der Waals surface area contributed by atoms with Crippen molar-refractivity contribution in [1.29, 1.82) is 0 Å². The van der Waals surface area contributed by atoms with Crippen molar-refractivity contribution in [2.24, 2.45) is 0 Å². The minimum Gasteiger partial charge on any atom is -0.464 e. The minimum absolute atomic E-state index is 0.0998. The van der Waals surface area contributed by atoms with E-state index in [0.29, 0.717) is 6.07 Å². The Morgan fingerprint density at radius 1 is 1.17 bits per heavy atom. The minimum atomic E-state index is -3.90. The summed E-state index contributed by atoms with van der Waals surface area (Å²) in [4.78, 5) is 15.5. The van der Waals surface area contributed by atoms with Crippen LogP contribution in [0.2, 0.25) is 10.0 Å². The standard InChI is InChI=1S/C14H6Cl2F3NO4/c1-22-13(21)12-7(16)3-6(15)11(20-12)5-2-9-10(4-8(5)17)24-14(18,19)23-9/h2-4H,1H3. The van der Waals surface area contributed by atoms with E-state index < -0.39 is 29.6 Å². The topological polar surface area (TPSA) is 57.7 Å². The van der Waals surface area contributed by atoms with Gasteiger partial charge in [-0.25, -0.2) is 14.2 Å². The predicted octanol–water partition coefficient (Wildman–Crippen LogP) is 4.30. The number of rotatable bonds is 2. The fraction of sp³-hybridized carbons (Fsp3) is 0.143. The lowest BCUT2D eigenvalue weighted by atomic mass is 10.1. The molecular formula is C14H6Cl2F3NO4. The molecule has 2 aromatic rings. The first kappa shape index (κ1) is 16.7. The average Bonchev–Trinajstić information content (AvgIpc) is 2.79. The number of aromatic nitrogens is 1. The Labute approximate surface area is 142 Å². The molecule has 0 amide bonds. The summed E-state index contributed by atoms with van der Waals surface area (Å²) in [6, 6.07) is 2.81. The maximum absolute atomic E-state index is 14.2. The lowest BCUT2D eigenvalue weighted by Crippen LogP contribution is -2.25. The molecule has 0 bridgehead atoms. The fourth-order valence-corrected chi connectivity index (χ4v) is 2.59. The summed E-state index contributed by atoms with van der Waals surface area (Å²) in [5.41, 5.74) is -0.775. The van der Waals surface area contributed by atoms with Gasteiger partial charge in [-0.15, -0.1) is 8.78 Å². The monoisotopic (exact) mass is 379 g/mol. The molecule has 3 rings (SSSR count). The predicted molar refractivity (Wildman–Crippen MR) is 77.2 cm³/mol. The summed E-state index contributed by atoms with van der Waals surface area (Å²) in [6.45, 7) is 0. The van der Waals surface area contributed by atoms with Gasteiger partial charge in [0.05, 0.1) is 22.8 Å². The van der Waals surface area contributed by atoms with Crippen LogP contribution in [0.15, 0.2) is 18.2 Å². The molecule has 126 valence electrons. The highest BCUT2D eigenvalue weighted by Crippen LogP contribution is 2.45. The Kier molecular flexibility index (Phi) is 3.97. The number of ether oxygens (including phenoxy) is 3. The maximum atomic E-state index is 14.2. The van der Waals surface area contributed by atoms with Crippen LogP contribution in [0.3, 0.4) is 0 Å². The fourth-order valence-electron chi connectivity index (χ4n) is 2.05. The molecule has 24 heavy (non-hydrogen) atoms. The molecule has 0 unspecified atom stereocenters. The molecule has 2 heterocycles. The zero-order valence-corrected chi connectivity index (χ0v) is 13.2. The van der Waals surface area contributed by atoms with Gasteiger partial charge in [0.15, 0.2) is 17.2 Å². The van der Waals surface area contributed by atoms with Crippen molar-refractivity contribution in [2.75, 3.05) is 7.11 Å². The molecular weight excluding hydrogens is 374 g/mol. The summed E-state index contributed by atoms with van der Waals surface area (Å²) in [7, 11) is 1.11. The number of esters is 1. The first-order valence-electron chi connectivity index (χ1n) is 6.26. The van der Waals surface area contributed by atoms with Crippen molar-refractivity contribution in [1.82, 2.24) is 4.98 Å². The number of nitrogens with zero attached hydrogens (tertiary/aromatic N) is 1. The Hall–Kier alpha value is -2.19. The Bertz CT molecular complexity index is 860. The third-order valence-corrected chi connectivity index (χ3v) is 3.63. The highest BCUT2D eigenvalue weighted by atomic mass is 35.5. The van der Waals surface area contributed by atoms with Gasteiger partial charge in [0.1, 0.15) is 5.82 Å². The number of hydrogen-bond donors (Lipinski definition) is 0. The van der Waals surface area contributed by atoms with Crippen LogP contribution >= 0.6 is 23.2 Å². The summed E-state index contributed by atoms with van der Waals surface area (Å²) in [6.07, 6.45) is -3.90. The number of methoxy groups -OCH3 is 1. The first-order valence-corrected chi connectivity index (χ1v) is 7.01. The number of pyridine rings is 1. The van der Waals surface area contributed by atoms with Gasteiger partial charge in [0.2, 0.25) is 0 Å². The molecule has 10 heteroatoms. The molecule has 1 aromatic carbocycles. The first-order chi connectivity index (χ1) is 11.2. The number of halogens is 5. The normalized spacial score (nSPS) is 14.6. The van der Waals surface area contributed by atoms with Crippen molar-refractivity contribution < 1.29 is 32.2 Å². The van der Waals surface area contributed by atoms with Gasteiger partial charge in [-0.2, -0.15) is 0 Å². The number of carbonyl (C=O) groups is 1. The SMILES string of the molecule is COC(=O)c1nc(-c2cc3c(cc2F)OC(F)(F)O3)c(Cl)cc1Cl.